The highest BCUT2D eigenvalue weighted by Gasteiger charge is 2.12. The molecule has 19 heavy (non-hydrogen) atoms. The van der Waals surface area contributed by atoms with E-state index in [9.17, 15) is 8.78 Å². The van der Waals surface area contributed by atoms with Gasteiger partial charge in [0.15, 0.2) is 0 Å². The first-order valence-electron chi connectivity index (χ1n) is 5.94. The Kier molecular flexibility index (Phi) is 4.71. The summed E-state index contributed by atoms with van der Waals surface area (Å²) in [5.74, 6) is -0.870. The van der Waals surface area contributed by atoms with Gasteiger partial charge in [-0.2, -0.15) is 0 Å². The summed E-state index contributed by atoms with van der Waals surface area (Å²) >= 11 is 4.45. The maximum absolute atomic E-state index is 13.8. The predicted molar refractivity (Wildman–Crippen MR) is 79.3 cm³/mol. The van der Waals surface area contributed by atoms with Crippen molar-refractivity contribution in [3.05, 3.63) is 45.2 Å². The molecule has 0 saturated heterocycles. The van der Waals surface area contributed by atoms with Gasteiger partial charge in [-0.25, -0.2) is 8.78 Å². The molecule has 0 amide bonds. The van der Waals surface area contributed by atoms with Gasteiger partial charge in [0, 0.05) is 27.9 Å². The van der Waals surface area contributed by atoms with Gasteiger partial charge in [-0.3, -0.25) is 0 Å². The lowest BCUT2D eigenvalue weighted by Gasteiger charge is -2.05. The predicted octanol–water partition coefficient (Wildman–Crippen LogP) is 4.95. The molecule has 102 valence electrons. The first-order chi connectivity index (χ1) is 8.97. The lowest BCUT2D eigenvalue weighted by molar-refractivity contribution is 0.593. The zero-order valence-corrected chi connectivity index (χ0v) is 13.0. The Balaban J connectivity index is 2.25. The van der Waals surface area contributed by atoms with Gasteiger partial charge in [0.05, 0.1) is 4.47 Å². The van der Waals surface area contributed by atoms with Gasteiger partial charge in [-0.05, 0) is 40.2 Å². The van der Waals surface area contributed by atoms with Crippen LogP contribution in [0, 0.1) is 11.6 Å². The summed E-state index contributed by atoms with van der Waals surface area (Å²) in [5, 5.41) is 3.30. The van der Waals surface area contributed by atoms with Gasteiger partial charge in [0.1, 0.15) is 11.6 Å². The lowest BCUT2D eigenvalue weighted by atomic mass is 10.2. The van der Waals surface area contributed by atoms with Gasteiger partial charge >= 0.3 is 0 Å². The van der Waals surface area contributed by atoms with Crippen molar-refractivity contribution >= 4 is 27.3 Å². The molecule has 0 unspecified atom stereocenters. The molecule has 0 saturated carbocycles. The third-order valence-electron chi connectivity index (χ3n) is 2.62. The van der Waals surface area contributed by atoms with Crippen molar-refractivity contribution in [1.29, 1.82) is 0 Å². The zero-order chi connectivity index (χ0) is 14.0. The van der Waals surface area contributed by atoms with Crippen LogP contribution in [0.2, 0.25) is 0 Å². The molecular formula is C14H14BrF2NS. The molecule has 0 spiro atoms. The number of thiophene rings is 1. The van der Waals surface area contributed by atoms with E-state index in [-0.39, 0.29) is 4.47 Å². The van der Waals surface area contributed by atoms with Crippen molar-refractivity contribution in [2.75, 3.05) is 0 Å². The second-order valence-corrected chi connectivity index (χ2v) is 6.57. The van der Waals surface area contributed by atoms with Crippen LogP contribution in [0.1, 0.15) is 18.7 Å². The largest absolute Gasteiger partial charge is 0.310 e. The molecule has 1 N–H and O–H groups in total. The van der Waals surface area contributed by atoms with E-state index in [2.05, 4.69) is 35.1 Å². The minimum Gasteiger partial charge on any atom is -0.310 e. The molecule has 0 radical (unpaired) electrons. The van der Waals surface area contributed by atoms with Crippen molar-refractivity contribution in [2.24, 2.45) is 0 Å². The molecule has 0 fully saturated rings. The van der Waals surface area contributed by atoms with E-state index < -0.39 is 11.6 Å². The van der Waals surface area contributed by atoms with Crippen LogP contribution in [-0.4, -0.2) is 6.04 Å². The summed E-state index contributed by atoms with van der Waals surface area (Å²) in [6.45, 7) is 4.87. The molecule has 2 aromatic rings. The minimum absolute atomic E-state index is 0.145. The van der Waals surface area contributed by atoms with Crippen LogP contribution < -0.4 is 5.32 Å². The summed E-state index contributed by atoms with van der Waals surface area (Å²) in [4.78, 5) is 1.84. The molecule has 1 aromatic carbocycles. The highest BCUT2D eigenvalue weighted by Crippen LogP contribution is 2.32. The van der Waals surface area contributed by atoms with Gasteiger partial charge < -0.3 is 5.32 Å². The zero-order valence-electron chi connectivity index (χ0n) is 10.6. The Morgan fingerprint density at radius 2 is 1.95 bits per heavy atom. The van der Waals surface area contributed by atoms with Crippen LogP contribution in [0.5, 0.6) is 0 Å². The fourth-order valence-electron chi connectivity index (χ4n) is 1.63. The molecular weight excluding hydrogens is 332 g/mol. The summed E-state index contributed by atoms with van der Waals surface area (Å²) < 4.78 is 27.5. The SMILES string of the molecule is CC(C)NCc1ccc(-c2cc(F)c(Br)cc2F)s1. The molecule has 0 aliphatic heterocycles. The molecule has 1 nitrogen and oxygen atoms in total. The summed E-state index contributed by atoms with van der Waals surface area (Å²) in [6, 6.07) is 6.55. The first-order valence-corrected chi connectivity index (χ1v) is 7.55. The third kappa shape index (κ3) is 3.61. The van der Waals surface area contributed by atoms with Crippen molar-refractivity contribution in [1.82, 2.24) is 5.32 Å². The molecule has 1 aromatic heterocycles. The van der Waals surface area contributed by atoms with Crippen LogP contribution in [0.3, 0.4) is 0 Å². The monoisotopic (exact) mass is 345 g/mol. The van der Waals surface area contributed by atoms with E-state index in [1.165, 1.54) is 17.4 Å². The van der Waals surface area contributed by atoms with E-state index in [1.807, 2.05) is 12.1 Å². The van der Waals surface area contributed by atoms with Crippen LogP contribution in [0.25, 0.3) is 10.4 Å². The maximum Gasteiger partial charge on any atom is 0.138 e. The summed E-state index contributed by atoms with van der Waals surface area (Å²) in [6.07, 6.45) is 0. The number of nitrogens with one attached hydrogen (secondary N) is 1. The molecule has 0 atom stereocenters. The fraction of sp³-hybridized carbons (Fsp3) is 0.286. The summed E-state index contributed by atoms with van der Waals surface area (Å²) in [5.41, 5.74) is 0.307. The van der Waals surface area contributed by atoms with Crippen LogP contribution in [0.4, 0.5) is 8.78 Å². The molecule has 0 bridgehead atoms. The second kappa shape index (κ2) is 6.11. The molecule has 0 aliphatic carbocycles. The van der Waals surface area contributed by atoms with Crippen LogP contribution in [0.15, 0.2) is 28.7 Å². The van der Waals surface area contributed by atoms with E-state index in [1.54, 1.807) is 0 Å². The molecule has 0 aliphatic rings. The van der Waals surface area contributed by atoms with Crippen LogP contribution in [-0.2, 0) is 6.54 Å². The van der Waals surface area contributed by atoms with E-state index in [0.29, 0.717) is 11.6 Å². The molecule has 1 heterocycles. The standard InChI is InChI=1S/C14H14BrF2NS/c1-8(2)18-7-9-3-4-14(19-9)10-5-13(17)11(15)6-12(10)16/h3-6,8,18H,7H2,1-2H3. The molecule has 2 rings (SSSR count). The quantitative estimate of drug-likeness (QED) is 0.772. The van der Waals surface area contributed by atoms with E-state index >= 15 is 0 Å². The number of hydrogen-bond donors (Lipinski definition) is 1. The smallest absolute Gasteiger partial charge is 0.138 e. The average Bonchev–Trinajstić information content (AvgIpc) is 2.80. The minimum atomic E-state index is -0.452. The van der Waals surface area contributed by atoms with Crippen LogP contribution >= 0.6 is 27.3 Å². The van der Waals surface area contributed by atoms with E-state index in [4.69, 9.17) is 0 Å². The van der Waals surface area contributed by atoms with Crippen molar-refractivity contribution in [3.8, 4) is 10.4 Å². The Bertz CT molecular complexity index is 581. The maximum atomic E-state index is 13.8. The number of hydrogen-bond acceptors (Lipinski definition) is 2. The normalized spacial score (nSPS) is 11.3. The Morgan fingerprint density at radius 3 is 2.63 bits per heavy atom. The Morgan fingerprint density at radius 1 is 1.21 bits per heavy atom. The van der Waals surface area contributed by atoms with Crippen molar-refractivity contribution in [2.45, 2.75) is 26.4 Å². The fourth-order valence-corrected chi connectivity index (χ4v) is 2.93. The number of benzene rings is 1. The highest BCUT2D eigenvalue weighted by molar-refractivity contribution is 9.10. The topological polar surface area (TPSA) is 12.0 Å². The number of rotatable bonds is 4. The summed E-state index contributed by atoms with van der Waals surface area (Å²) in [7, 11) is 0. The lowest BCUT2D eigenvalue weighted by Crippen LogP contribution is -2.21. The Labute approximate surface area is 123 Å². The average molecular weight is 346 g/mol. The molecule has 5 heteroatoms. The highest BCUT2D eigenvalue weighted by atomic mass is 79.9. The third-order valence-corrected chi connectivity index (χ3v) is 4.35. The number of halogens is 3. The Hall–Kier alpha value is -0.780. The van der Waals surface area contributed by atoms with Gasteiger partial charge in [0.2, 0.25) is 0 Å². The second-order valence-electron chi connectivity index (χ2n) is 4.55. The van der Waals surface area contributed by atoms with E-state index in [0.717, 1.165) is 22.4 Å². The van der Waals surface area contributed by atoms with Crippen molar-refractivity contribution in [3.63, 3.8) is 0 Å². The first kappa shape index (κ1) is 14.6. The van der Waals surface area contributed by atoms with Gasteiger partial charge in [-0.15, -0.1) is 11.3 Å². The van der Waals surface area contributed by atoms with Gasteiger partial charge in [0.25, 0.3) is 0 Å². The van der Waals surface area contributed by atoms with Gasteiger partial charge in [-0.1, -0.05) is 13.8 Å². The van der Waals surface area contributed by atoms with Crippen molar-refractivity contribution < 1.29 is 8.78 Å².